The maximum absolute atomic E-state index is 11.6. The van der Waals surface area contributed by atoms with E-state index in [-0.39, 0.29) is 5.76 Å². The molecule has 1 aromatic heterocycles. The summed E-state index contributed by atoms with van der Waals surface area (Å²) in [4.78, 5) is 16.9. The minimum atomic E-state index is -1.12. The first-order valence-corrected chi connectivity index (χ1v) is 11.4. The van der Waals surface area contributed by atoms with Gasteiger partial charge in [0, 0.05) is 16.7 Å². The largest absolute Gasteiger partial charge is 0.486 e. The Labute approximate surface area is 195 Å². The van der Waals surface area contributed by atoms with Crippen molar-refractivity contribution in [2.24, 2.45) is 0 Å². The van der Waals surface area contributed by atoms with Gasteiger partial charge in [0.25, 0.3) is 0 Å². The summed E-state index contributed by atoms with van der Waals surface area (Å²) in [7, 11) is 0. The molecule has 0 saturated carbocycles. The minimum absolute atomic E-state index is 0.125. The van der Waals surface area contributed by atoms with Crippen LogP contribution in [0.4, 0.5) is 0 Å². The average Bonchev–Trinajstić information content (AvgIpc) is 2.76. The van der Waals surface area contributed by atoms with E-state index in [1.807, 2.05) is 42.5 Å². The van der Waals surface area contributed by atoms with Gasteiger partial charge in [-0.3, -0.25) is 4.98 Å². The van der Waals surface area contributed by atoms with Gasteiger partial charge in [-0.15, -0.1) is 11.8 Å². The van der Waals surface area contributed by atoms with Crippen molar-refractivity contribution in [3.05, 3.63) is 99.5 Å². The highest BCUT2D eigenvalue weighted by Gasteiger charge is 2.11. The van der Waals surface area contributed by atoms with E-state index in [1.54, 1.807) is 24.3 Å². The zero-order chi connectivity index (χ0) is 22.1. The molecule has 0 saturated heterocycles. The van der Waals surface area contributed by atoms with Crippen molar-refractivity contribution in [1.29, 1.82) is 0 Å². The minimum Gasteiger partial charge on any atom is -0.486 e. The van der Waals surface area contributed by atoms with Gasteiger partial charge in [-0.05, 0) is 42.7 Å². The zero-order valence-corrected chi connectivity index (χ0v) is 19.0. The molecule has 1 heterocycles. The second-order valence-electron chi connectivity index (χ2n) is 6.64. The lowest BCUT2D eigenvalue weighted by molar-refractivity contribution is -0.136. The summed E-state index contributed by atoms with van der Waals surface area (Å²) in [5, 5.41) is 10.7. The van der Waals surface area contributed by atoms with E-state index in [4.69, 9.17) is 27.9 Å². The lowest BCUT2D eigenvalue weighted by atomic mass is 10.1. The summed E-state index contributed by atoms with van der Waals surface area (Å²) >= 11 is 13.9. The molecule has 0 atom stereocenters. The van der Waals surface area contributed by atoms with Crippen molar-refractivity contribution in [3.63, 3.8) is 0 Å². The monoisotopic (exact) mass is 473 g/mol. The van der Waals surface area contributed by atoms with E-state index in [0.717, 1.165) is 23.4 Å². The molecule has 3 aromatic rings. The van der Waals surface area contributed by atoms with E-state index >= 15 is 0 Å². The van der Waals surface area contributed by atoms with Gasteiger partial charge in [0.15, 0.2) is 0 Å². The van der Waals surface area contributed by atoms with Gasteiger partial charge in [-0.25, -0.2) is 4.79 Å². The Morgan fingerprint density at radius 3 is 2.42 bits per heavy atom. The molecule has 1 N–H and O–H groups in total. The highest BCUT2D eigenvalue weighted by Crippen LogP contribution is 2.35. The number of halogens is 2. The first kappa shape index (κ1) is 23.2. The van der Waals surface area contributed by atoms with Crippen LogP contribution in [0.1, 0.15) is 23.4 Å². The van der Waals surface area contributed by atoms with Crippen LogP contribution >= 0.6 is 35.0 Å². The molecular weight excluding hydrogens is 453 g/mol. The van der Waals surface area contributed by atoms with E-state index < -0.39 is 5.97 Å². The summed E-state index contributed by atoms with van der Waals surface area (Å²) < 4.78 is 5.51. The van der Waals surface area contributed by atoms with Crippen LogP contribution in [0.5, 0.6) is 0 Å². The van der Waals surface area contributed by atoms with E-state index in [1.165, 1.54) is 23.4 Å². The summed E-state index contributed by atoms with van der Waals surface area (Å²) in [6.07, 6.45) is 2.99. The zero-order valence-electron chi connectivity index (χ0n) is 16.6. The Balaban J connectivity index is 1.61. The summed E-state index contributed by atoms with van der Waals surface area (Å²) in [5.41, 5.74) is 2.49. The van der Waals surface area contributed by atoms with E-state index in [9.17, 15) is 9.90 Å². The molecule has 0 radical (unpaired) electrons. The Bertz CT molecular complexity index is 1040. The van der Waals surface area contributed by atoms with Crippen molar-refractivity contribution >= 4 is 47.0 Å². The van der Waals surface area contributed by atoms with E-state index in [2.05, 4.69) is 4.98 Å². The molecule has 0 spiro atoms. The predicted molar refractivity (Wildman–Crippen MR) is 127 cm³/mol. The molecule has 0 fully saturated rings. The Morgan fingerprint density at radius 2 is 1.71 bits per heavy atom. The van der Waals surface area contributed by atoms with Crippen molar-refractivity contribution in [2.75, 3.05) is 6.61 Å². The quantitative estimate of drug-likeness (QED) is 0.152. The highest BCUT2D eigenvalue weighted by atomic mass is 35.5. The van der Waals surface area contributed by atoms with Gasteiger partial charge < -0.3 is 9.84 Å². The number of carboxylic acid groups (broad SMARTS) is 1. The van der Waals surface area contributed by atoms with Gasteiger partial charge in [-0.1, -0.05) is 65.7 Å². The smallest absolute Gasteiger partial charge is 0.371 e. The molecule has 0 aliphatic heterocycles. The molecule has 0 amide bonds. The van der Waals surface area contributed by atoms with Crippen LogP contribution in [0.2, 0.25) is 10.0 Å². The third kappa shape index (κ3) is 7.31. The Hall–Kier alpha value is -2.47. The molecule has 7 heteroatoms. The number of pyridine rings is 1. The number of aliphatic carboxylic acids is 1. The van der Waals surface area contributed by atoms with Crippen molar-refractivity contribution in [3.8, 4) is 0 Å². The summed E-state index contributed by atoms with van der Waals surface area (Å²) in [6, 6.07) is 20.8. The van der Waals surface area contributed by atoms with Gasteiger partial charge >= 0.3 is 5.97 Å². The molecule has 2 aromatic carbocycles. The lowest BCUT2D eigenvalue weighted by Gasteiger charge is -2.08. The maximum Gasteiger partial charge on any atom is 0.371 e. The maximum atomic E-state index is 11.6. The first-order valence-electron chi connectivity index (χ1n) is 9.67. The normalized spacial score (nSPS) is 11.4. The van der Waals surface area contributed by atoms with Crippen LogP contribution in [-0.4, -0.2) is 22.7 Å². The molecule has 0 unspecified atom stereocenters. The van der Waals surface area contributed by atoms with Crippen LogP contribution in [0.3, 0.4) is 0 Å². The number of hydrogen-bond donors (Lipinski definition) is 1. The average molecular weight is 474 g/mol. The Kier molecular flexibility index (Phi) is 8.83. The molecule has 0 aliphatic carbocycles. The number of ether oxygens (including phenoxy) is 1. The number of aryl methyl sites for hydroxylation is 1. The second kappa shape index (κ2) is 11.8. The number of rotatable bonds is 10. The summed E-state index contributed by atoms with van der Waals surface area (Å²) in [5.74, 6) is -0.700. The molecule has 0 bridgehead atoms. The number of nitrogens with zero attached hydrogens (tertiary/aromatic N) is 1. The van der Waals surface area contributed by atoms with Gasteiger partial charge in [-0.2, -0.15) is 0 Å². The fraction of sp³-hybridized carbons (Fsp3) is 0.167. The van der Waals surface area contributed by atoms with Crippen LogP contribution in [-0.2, 0) is 21.7 Å². The molecular formula is C24H21Cl2NO3S. The molecule has 0 aliphatic rings. The lowest BCUT2D eigenvalue weighted by Crippen LogP contribution is -2.07. The summed E-state index contributed by atoms with van der Waals surface area (Å²) in [6.45, 7) is 0.313. The number of aromatic nitrogens is 1. The number of carbonyl (C=O) groups is 1. The number of thioether (sulfide) groups is 1. The molecule has 3 rings (SSSR count). The third-order valence-electron chi connectivity index (χ3n) is 4.31. The van der Waals surface area contributed by atoms with Crippen molar-refractivity contribution < 1.29 is 14.6 Å². The van der Waals surface area contributed by atoms with Crippen LogP contribution in [0, 0.1) is 0 Å². The highest BCUT2D eigenvalue weighted by molar-refractivity contribution is 7.98. The Morgan fingerprint density at radius 1 is 1.00 bits per heavy atom. The predicted octanol–water partition coefficient (Wildman–Crippen LogP) is 6.76. The van der Waals surface area contributed by atoms with Gasteiger partial charge in [0.1, 0.15) is 0 Å². The number of hydrogen-bond acceptors (Lipinski definition) is 4. The van der Waals surface area contributed by atoms with Crippen LogP contribution < -0.4 is 0 Å². The van der Waals surface area contributed by atoms with Crippen molar-refractivity contribution in [2.45, 2.75) is 23.5 Å². The molecule has 31 heavy (non-hydrogen) atoms. The SMILES string of the molecule is O=C(O)/C(=C\c1cccc(CSc2c(Cl)cccc2Cl)n1)OCCCc1ccccc1. The van der Waals surface area contributed by atoms with Crippen molar-refractivity contribution in [1.82, 2.24) is 4.98 Å². The second-order valence-corrected chi connectivity index (χ2v) is 8.44. The standard InChI is InChI=1S/C24H21Cl2NO3S/c25-20-12-5-13-21(26)23(20)31-16-19-11-4-10-18(27-19)15-22(24(28)29)30-14-6-9-17-7-2-1-3-8-17/h1-5,7-8,10-13,15H,6,9,14,16H2,(H,28,29)/b22-15+. The van der Waals surface area contributed by atoms with E-state index in [0.29, 0.717) is 28.1 Å². The van der Waals surface area contributed by atoms with Crippen LogP contribution in [0.25, 0.3) is 6.08 Å². The number of carboxylic acids is 1. The fourth-order valence-corrected chi connectivity index (χ4v) is 4.42. The third-order valence-corrected chi connectivity index (χ3v) is 6.33. The van der Waals surface area contributed by atoms with Crippen LogP contribution in [0.15, 0.2) is 77.4 Å². The number of benzene rings is 2. The first-order chi connectivity index (χ1) is 15.0. The molecule has 160 valence electrons. The topological polar surface area (TPSA) is 59.4 Å². The van der Waals surface area contributed by atoms with Gasteiger partial charge in [0.05, 0.1) is 28.0 Å². The van der Waals surface area contributed by atoms with Gasteiger partial charge in [0.2, 0.25) is 5.76 Å². The fourth-order valence-electron chi connectivity index (χ4n) is 2.83. The molecule has 4 nitrogen and oxygen atoms in total.